The zero-order valence-corrected chi connectivity index (χ0v) is 14.0. The number of hydrogen-bond donors (Lipinski definition) is 1. The number of rotatable bonds is 8. The van der Waals surface area contributed by atoms with E-state index in [0.717, 1.165) is 24.6 Å². The van der Waals surface area contributed by atoms with Gasteiger partial charge in [0.1, 0.15) is 11.5 Å². The van der Waals surface area contributed by atoms with Crippen LogP contribution in [0.3, 0.4) is 0 Å². The number of likely N-dealkylation sites (N-methyl/N-ethyl adjacent to an activating group) is 2. The summed E-state index contributed by atoms with van der Waals surface area (Å²) >= 11 is 0. The van der Waals surface area contributed by atoms with Gasteiger partial charge < -0.3 is 15.1 Å². The molecule has 0 aromatic carbocycles. The summed E-state index contributed by atoms with van der Waals surface area (Å²) in [7, 11) is 1.81. The van der Waals surface area contributed by atoms with Gasteiger partial charge in [-0.3, -0.25) is 9.69 Å². The highest BCUT2D eigenvalue weighted by Gasteiger charge is 2.22. The molecule has 0 saturated carbocycles. The number of amides is 1. The Morgan fingerprint density at radius 3 is 2.52 bits per heavy atom. The molecule has 0 radical (unpaired) electrons. The van der Waals surface area contributed by atoms with Gasteiger partial charge in [0.15, 0.2) is 0 Å². The Kier molecular flexibility index (Phi) is 6.42. The van der Waals surface area contributed by atoms with E-state index in [-0.39, 0.29) is 11.3 Å². The number of aryl methyl sites for hydroxylation is 1. The molecule has 0 atom stereocenters. The monoisotopic (exact) mass is 295 g/mol. The molecule has 0 saturated heterocycles. The van der Waals surface area contributed by atoms with Crippen molar-refractivity contribution in [2.45, 2.75) is 34.2 Å². The molecule has 0 aliphatic rings. The fourth-order valence-corrected chi connectivity index (χ4v) is 2.15. The zero-order valence-electron chi connectivity index (χ0n) is 14.0. The minimum Gasteiger partial charge on any atom is -0.464 e. The normalized spacial score (nSPS) is 12.0. The van der Waals surface area contributed by atoms with Gasteiger partial charge in [0.25, 0.3) is 0 Å². The molecular weight excluding hydrogens is 266 g/mol. The molecule has 0 aliphatic heterocycles. The molecule has 1 amide bonds. The maximum absolute atomic E-state index is 12.3. The summed E-state index contributed by atoms with van der Waals surface area (Å²) in [6.45, 7) is 11.4. The van der Waals surface area contributed by atoms with Gasteiger partial charge in [-0.25, -0.2) is 0 Å². The van der Waals surface area contributed by atoms with Crippen LogP contribution in [0.2, 0.25) is 0 Å². The maximum atomic E-state index is 12.3. The van der Waals surface area contributed by atoms with Crippen molar-refractivity contribution in [3.63, 3.8) is 0 Å². The summed E-state index contributed by atoms with van der Waals surface area (Å²) in [6.07, 6.45) is 0. The topological polar surface area (TPSA) is 62.7 Å². The van der Waals surface area contributed by atoms with Gasteiger partial charge >= 0.3 is 0 Å². The van der Waals surface area contributed by atoms with E-state index >= 15 is 0 Å². The second kappa shape index (κ2) is 7.61. The molecule has 0 fully saturated rings. The molecule has 1 heterocycles. The number of furan rings is 1. The molecule has 0 aliphatic carbocycles. The number of carbonyl (C=O) groups excluding carboxylic acids is 1. The highest BCUT2D eigenvalue weighted by Crippen LogP contribution is 2.15. The molecule has 2 N–H and O–H groups in total. The van der Waals surface area contributed by atoms with Crippen molar-refractivity contribution in [2.75, 3.05) is 33.2 Å². The third-order valence-corrected chi connectivity index (χ3v) is 3.63. The summed E-state index contributed by atoms with van der Waals surface area (Å²) in [5.74, 6) is 1.78. The fourth-order valence-electron chi connectivity index (χ4n) is 2.15. The molecule has 5 nitrogen and oxygen atoms in total. The molecule has 1 aromatic heterocycles. The highest BCUT2D eigenvalue weighted by atomic mass is 16.3. The number of hydrogen-bond acceptors (Lipinski definition) is 4. The molecule has 0 unspecified atom stereocenters. The Morgan fingerprint density at radius 1 is 1.38 bits per heavy atom. The fraction of sp³-hybridized carbons (Fsp3) is 0.688. The molecule has 5 heteroatoms. The Hall–Kier alpha value is -1.33. The Bertz CT molecular complexity index is 454. The van der Waals surface area contributed by atoms with Crippen LogP contribution in [0.5, 0.6) is 0 Å². The van der Waals surface area contributed by atoms with E-state index in [1.807, 2.05) is 26.1 Å². The summed E-state index contributed by atoms with van der Waals surface area (Å²) in [5, 5.41) is 0. The van der Waals surface area contributed by atoms with Crippen molar-refractivity contribution in [3.8, 4) is 0 Å². The first-order valence-electron chi connectivity index (χ1n) is 7.49. The van der Waals surface area contributed by atoms with Gasteiger partial charge in [-0.05, 0) is 37.6 Å². The van der Waals surface area contributed by atoms with Crippen molar-refractivity contribution >= 4 is 5.91 Å². The molecule has 0 bridgehead atoms. The van der Waals surface area contributed by atoms with Crippen LogP contribution in [-0.2, 0) is 11.3 Å². The lowest BCUT2D eigenvalue weighted by atomic mass is 9.93. The van der Waals surface area contributed by atoms with E-state index in [4.69, 9.17) is 10.2 Å². The van der Waals surface area contributed by atoms with Crippen LogP contribution in [0.1, 0.15) is 32.3 Å². The lowest BCUT2D eigenvalue weighted by Gasteiger charge is -2.31. The van der Waals surface area contributed by atoms with E-state index in [1.165, 1.54) is 0 Å². The van der Waals surface area contributed by atoms with Crippen LogP contribution in [0.15, 0.2) is 16.5 Å². The van der Waals surface area contributed by atoms with E-state index in [0.29, 0.717) is 19.6 Å². The first-order valence-corrected chi connectivity index (χ1v) is 7.49. The Morgan fingerprint density at radius 2 is 2.05 bits per heavy atom. The van der Waals surface area contributed by atoms with E-state index < -0.39 is 0 Å². The summed E-state index contributed by atoms with van der Waals surface area (Å²) in [5.41, 5.74) is 5.79. The molecular formula is C16H29N3O2. The SMILES string of the molecule is CCN(CC(=O)N(C)Cc1ccc(C)o1)CC(C)(C)CN. The minimum absolute atomic E-state index is 0.0208. The van der Waals surface area contributed by atoms with Gasteiger partial charge in [0.05, 0.1) is 13.1 Å². The summed E-state index contributed by atoms with van der Waals surface area (Å²) in [4.78, 5) is 16.2. The average Bonchev–Trinajstić information content (AvgIpc) is 2.82. The van der Waals surface area contributed by atoms with Gasteiger partial charge in [0.2, 0.25) is 5.91 Å². The summed E-state index contributed by atoms with van der Waals surface area (Å²) < 4.78 is 5.51. The van der Waals surface area contributed by atoms with Crippen LogP contribution in [0, 0.1) is 12.3 Å². The standard InChI is InChI=1S/C16H29N3O2/c1-6-19(12-16(3,4)11-17)10-15(20)18(5)9-14-8-7-13(2)21-14/h7-8H,6,9-12,17H2,1-5H3. The Labute approximate surface area is 128 Å². The highest BCUT2D eigenvalue weighted by molar-refractivity contribution is 5.77. The van der Waals surface area contributed by atoms with Crippen molar-refractivity contribution in [1.29, 1.82) is 0 Å². The van der Waals surface area contributed by atoms with E-state index in [2.05, 4.69) is 25.7 Å². The zero-order chi connectivity index (χ0) is 16.0. The van der Waals surface area contributed by atoms with Gasteiger partial charge in [-0.2, -0.15) is 0 Å². The predicted molar refractivity (Wildman–Crippen MR) is 84.9 cm³/mol. The lowest BCUT2D eigenvalue weighted by Crippen LogP contribution is -2.44. The molecule has 1 rings (SSSR count). The van der Waals surface area contributed by atoms with Crippen LogP contribution >= 0.6 is 0 Å². The third-order valence-electron chi connectivity index (χ3n) is 3.63. The van der Waals surface area contributed by atoms with Crippen molar-refractivity contribution in [3.05, 3.63) is 23.7 Å². The average molecular weight is 295 g/mol. The number of nitrogens with zero attached hydrogens (tertiary/aromatic N) is 2. The summed E-state index contributed by atoms with van der Waals surface area (Å²) in [6, 6.07) is 3.82. The number of nitrogens with two attached hydrogens (primary N) is 1. The second-order valence-corrected chi connectivity index (χ2v) is 6.43. The van der Waals surface area contributed by atoms with Gasteiger partial charge in [-0.1, -0.05) is 20.8 Å². The first-order chi connectivity index (χ1) is 9.77. The smallest absolute Gasteiger partial charge is 0.236 e. The van der Waals surface area contributed by atoms with Crippen molar-refractivity contribution in [2.24, 2.45) is 11.1 Å². The van der Waals surface area contributed by atoms with E-state index in [9.17, 15) is 4.79 Å². The van der Waals surface area contributed by atoms with Crippen LogP contribution < -0.4 is 5.73 Å². The second-order valence-electron chi connectivity index (χ2n) is 6.43. The third kappa shape index (κ3) is 5.89. The first kappa shape index (κ1) is 17.7. The maximum Gasteiger partial charge on any atom is 0.236 e. The molecule has 120 valence electrons. The quantitative estimate of drug-likeness (QED) is 0.795. The molecule has 0 spiro atoms. The van der Waals surface area contributed by atoms with Crippen molar-refractivity contribution in [1.82, 2.24) is 9.80 Å². The minimum atomic E-state index is 0.0208. The van der Waals surface area contributed by atoms with Crippen LogP contribution in [0.4, 0.5) is 0 Å². The molecule has 1 aromatic rings. The largest absolute Gasteiger partial charge is 0.464 e. The number of carbonyl (C=O) groups is 1. The van der Waals surface area contributed by atoms with Crippen LogP contribution in [-0.4, -0.2) is 48.9 Å². The Balaban J connectivity index is 2.53. The lowest BCUT2D eigenvalue weighted by molar-refractivity contribution is -0.132. The molecule has 21 heavy (non-hydrogen) atoms. The van der Waals surface area contributed by atoms with E-state index in [1.54, 1.807) is 4.90 Å². The van der Waals surface area contributed by atoms with Gasteiger partial charge in [0, 0.05) is 13.6 Å². The van der Waals surface area contributed by atoms with Gasteiger partial charge in [-0.15, -0.1) is 0 Å². The van der Waals surface area contributed by atoms with Crippen LogP contribution in [0.25, 0.3) is 0 Å². The van der Waals surface area contributed by atoms with Crippen molar-refractivity contribution < 1.29 is 9.21 Å². The predicted octanol–water partition coefficient (Wildman–Crippen LogP) is 1.85.